The number of ether oxygens (including phenoxy) is 1. The van der Waals surface area contributed by atoms with Gasteiger partial charge >= 0.3 is 5.97 Å². The fraction of sp³-hybridized carbons (Fsp3) is 0.238. The predicted molar refractivity (Wildman–Crippen MR) is 93.2 cm³/mol. The molecule has 3 rings (SSSR count). The minimum absolute atomic E-state index is 0.228. The molecule has 3 heteroatoms. The van der Waals surface area contributed by atoms with Crippen molar-refractivity contribution in [2.45, 2.75) is 32.3 Å². The summed E-state index contributed by atoms with van der Waals surface area (Å²) in [6.45, 7) is 0.304. The van der Waals surface area contributed by atoms with Crippen molar-refractivity contribution in [1.82, 2.24) is 0 Å². The number of ketones is 1. The quantitative estimate of drug-likeness (QED) is 0.779. The molecule has 1 aliphatic carbocycles. The fourth-order valence-corrected chi connectivity index (χ4v) is 2.77. The summed E-state index contributed by atoms with van der Waals surface area (Å²) in [5.74, 6) is 0.0746. The summed E-state index contributed by atoms with van der Waals surface area (Å²) < 4.78 is 5.30. The fourth-order valence-electron chi connectivity index (χ4n) is 2.77. The van der Waals surface area contributed by atoms with Crippen LogP contribution in [-0.2, 0) is 27.4 Å². The molecule has 0 saturated carbocycles. The maximum absolute atomic E-state index is 11.9. The molecule has 0 heterocycles. The van der Waals surface area contributed by atoms with Crippen molar-refractivity contribution in [3.05, 3.63) is 77.4 Å². The van der Waals surface area contributed by atoms with E-state index in [1.807, 2.05) is 60.7 Å². The Balaban J connectivity index is 1.54. The van der Waals surface area contributed by atoms with Crippen LogP contribution in [0.3, 0.4) is 0 Å². The van der Waals surface area contributed by atoms with Gasteiger partial charge in [-0.05, 0) is 28.7 Å². The second-order valence-electron chi connectivity index (χ2n) is 5.99. The zero-order chi connectivity index (χ0) is 16.8. The Hall–Kier alpha value is -2.68. The average molecular weight is 320 g/mol. The van der Waals surface area contributed by atoms with E-state index in [4.69, 9.17) is 4.74 Å². The minimum Gasteiger partial charge on any atom is -0.461 e. The van der Waals surface area contributed by atoms with Crippen LogP contribution in [-0.4, -0.2) is 11.8 Å². The lowest BCUT2D eigenvalue weighted by Gasteiger charge is -2.12. The van der Waals surface area contributed by atoms with Gasteiger partial charge in [0, 0.05) is 12.8 Å². The third-order valence-corrected chi connectivity index (χ3v) is 4.17. The largest absolute Gasteiger partial charge is 0.461 e. The van der Waals surface area contributed by atoms with Gasteiger partial charge in [-0.3, -0.25) is 9.59 Å². The van der Waals surface area contributed by atoms with Crippen molar-refractivity contribution in [3.63, 3.8) is 0 Å². The molecule has 0 N–H and O–H groups in total. The van der Waals surface area contributed by atoms with E-state index in [9.17, 15) is 9.59 Å². The maximum atomic E-state index is 11.9. The number of benzene rings is 2. The summed E-state index contributed by atoms with van der Waals surface area (Å²) in [5.41, 5.74) is 4.26. The number of carbonyl (C=O) groups is 2. The van der Waals surface area contributed by atoms with Crippen molar-refractivity contribution in [3.8, 4) is 0 Å². The normalized spacial score (nSPS) is 14.2. The van der Waals surface area contributed by atoms with Crippen molar-refractivity contribution in [2.75, 3.05) is 0 Å². The molecule has 0 atom stereocenters. The first-order valence-corrected chi connectivity index (χ1v) is 8.20. The maximum Gasteiger partial charge on any atom is 0.310 e. The molecule has 0 aliphatic heterocycles. The number of rotatable bonds is 5. The predicted octanol–water partition coefficient (Wildman–Crippen LogP) is 4.11. The Labute approximate surface area is 142 Å². The molecule has 0 saturated heterocycles. The van der Waals surface area contributed by atoms with Crippen molar-refractivity contribution < 1.29 is 14.3 Å². The van der Waals surface area contributed by atoms with E-state index in [0.29, 0.717) is 25.2 Å². The van der Waals surface area contributed by atoms with Gasteiger partial charge in [-0.2, -0.15) is 0 Å². The molecule has 2 aromatic rings. The van der Waals surface area contributed by atoms with Gasteiger partial charge in [-0.15, -0.1) is 0 Å². The zero-order valence-corrected chi connectivity index (χ0v) is 13.5. The standard InChI is InChI=1S/C21H20O3/c22-20-12-10-19(11-13-20)18-8-6-16(7-9-18)14-21(23)24-15-17-4-2-1-3-5-17/h1-10H,11-15H2. The van der Waals surface area contributed by atoms with E-state index in [2.05, 4.69) is 0 Å². The molecule has 0 amide bonds. The van der Waals surface area contributed by atoms with Crippen LogP contribution in [0.1, 0.15) is 36.0 Å². The number of esters is 1. The van der Waals surface area contributed by atoms with E-state index in [0.717, 1.165) is 23.1 Å². The Morgan fingerprint density at radius 2 is 1.67 bits per heavy atom. The highest BCUT2D eigenvalue weighted by molar-refractivity contribution is 5.87. The highest BCUT2D eigenvalue weighted by Crippen LogP contribution is 2.25. The summed E-state index contributed by atoms with van der Waals surface area (Å²) in [7, 11) is 0. The smallest absolute Gasteiger partial charge is 0.310 e. The average Bonchev–Trinajstić information content (AvgIpc) is 2.62. The molecular weight excluding hydrogens is 300 g/mol. The van der Waals surface area contributed by atoms with E-state index in [1.54, 1.807) is 0 Å². The van der Waals surface area contributed by atoms with Gasteiger partial charge in [0.2, 0.25) is 0 Å². The van der Waals surface area contributed by atoms with Gasteiger partial charge in [-0.25, -0.2) is 0 Å². The second-order valence-corrected chi connectivity index (χ2v) is 5.99. The Morgan fingerprint density at radius 3 is 2.33 bits per heavy atom. The molecule has 0 bridgehead atoms. The molecule has 122 valence electrons. The van der Waals surface area contributed by atoms with Crippen LogP contribution in [0.25, 0.3) is 5.57 Å². The summed E-state index contributed by atoms with van der Waals surface area (Å²) in [6.07, 6.45) is 4.24. The van der Waals surface area contributed by atoms with Crippen LogP contribution in [0.15, 0.2) is 60.7 Å². The third kappa shape index (κ3) is 4.42. The van der Waals surface area contributed by atoms with Crippen LogP contribution in [0.5, 0.6) is 0 Å². The topological polar surface area (TPSA) is 43.4 Å². The molecule has 3 nitrogen and oxygen atoms in total. The Bertz CT molecular complexity index is 742. The van der Waals surface area contributed by atoms with Crippen LogP contribution < -0.4 is 0 Å². The van der Waals surface area contributed by atoms with Crippen LogP contribution in [0, 0.1) is 0 Å². The van der Waals surface area contributed by atoms with Crippen LogP contribution in [0.2, 0.25) is 0 Å². The van der Waals surface area contributed by atoms with Gasteiger partial charge in [0.05, 0.1) is 6.42 Å². The van der Waals surface area contributed by atoms with Crippen LogP contribution in [0.4, 0.5) is 0 Å². The lowest BCUT2D eigenvalue weighted by molar-refractivity contribution is -0.144. The summed E-state index contributed by atoms with van der Waals surface area (Å²) in [4.78, 5) is 23.2. The van der Waals surface area contributed by atoms with Gasteiger partial charge in [0.25, 0.3) is 0 Å². The second kappa shape index (κ2) is 7.73. The SMILES string of the molecule is O=C1CC=C(c2ccc(CC(=O)OCc3ccccc3)cc2)CC1. The van der Waals surface area contributed by atoms with E-state index < -0.39 is 0 Å². The van der Waals surface area contributed by atoms with Gasteiger partial charge in [-0.1, -0.05) is 60.7 Å². The number of allylic oxidation sites excluding steroid dienone is 2. The van der Waals surface area contributed by atoms with Gasteiger partial charge < -0.3 is 4.74 Å². The number of hydrogen-bond acceptors (Lipinski definition) is 3. The molecular formula is C21H20O3. The molecule has 0 unspecified atom stereocenters. The Morgan fingerprint density at radius 1 is 0.917 bits per heavy atom. The minimum atomic E-state index is -0.228. The number of carbonyl (C=O) groups excluding carboxylic acids is 2. The van der Waals surface area contributed by atoms with Crippen molar-refractivity contribution in [2.24, 2.45) is 0 Å². The molecule has 24 heavy (non-hydrogen) atoms. The van der Waals surface area contributed by atoms with E-state index in [1.165, 1.54) is 5.57 Å². The van der Waals surface area contributed by atoms with E-state index >= 15 is 0 Å². The zero-order valence-electron chi connectivity index (χ0n) is 13.5. The Kier molecular flexibility index (Phi) is 5.22. The molecule has 0 radical (unpaired) electrons. The van der Waals surface area contributed by atoms with E-state index in [-0.39, 0.29) is 12.4 Å². The summed E-state index contributed by atoms with van der Waals surface area (Å²) >= 11 is 0. The first kappa shape index (κ1) is 16.2. The highest BCUT2D eigenvalue weighted by Gasteiger charge is 2.12. The van der Waals surface area contributed by atoms with Crippen molar-refractivity contribution in [1.29, 1.82) is 0 Å². The molecule has 0 aromatic heterocycles. The first-order valence-electron chi connectivity index (χ1n) is 8.20. The number of Topliss-reactive ketones (excluding diaryl/α,β-unsaturated/α-hetero) is 1. The molecule has 0 fully saturated rings. The van der Waals surface area contributed by atoms with Gasteiger partial charge in [0.15, 0.2) is 0 Å². The van der Waals surface area contributed by atoms with Crippen molar-refractivity contribution >= 4 is 17.3 Å². The first-order chi connectivity index (χ1) is 11.7. The monoisotopic (exact) mass is 320 g/mol. The third-order valence-electron chi connectivity index (χ3n) is 4.17. The molecule has 1 aliphatic rings. The van der Waals surface area contributed by atoms with Crippen LogP contribution >= 0.6 is 0 Å². The lowest BCUT2D eigenvalue weighted by Crippen LogP contribution is -2.08. The van der Waals surface area contributed by atoms with Gasteiger partial charge in [0.1, 0.15) is 12.4 Å². The lowest BCUT2D eigenvalue weighted by atomic mass is 9.92. The molecule has 2 aromatic carbocycles. The number of hydrogen-bond donors (Lipinski definition) is 0. The summed E-state index contributed by atoms with van der Waals surface area (Å²) in [5, 5.41) is 0. The molecule has 0 spiro atoms. The summed E-state index contributed by atoms with van der Waals surface area (Å²) in [6, 6.07) is 17.6. The highest BCUT2D eigenvalue weighted by atomic mass is 16.5.